The Morgan fingerprint density at radius 3 is 2.62 bits per heavy atom. The number of hydrogen-bond acceptors (Lipinski definition) is 6. The van der Waals surface area contributed by atoms with Crippen LogP contribution in [0.25, 0.3) is 0 Å². The first-order chi connectivity index (χ1) is 11.1. The molecule has 1 rings (SSSR count). The van der Waals surface area contributed by atoms with Gasteiger partial charge in [-0.2, -0.15) is 5.26 Å². The summed E-state index contributed by atoms with van der Waals surface area (Å²) in [5.41, 5.74) is -0.672. The van der Waals surface area contributed by atoms with Crippen molar-refractivity contribution in [2.45, 2.75) is 78.1 Å². The number of rotatable bonds is 7. The zero-order valence-electron chi connectivity index (χ0n) is 15.4. The van der Waals surface area contributed by atoms with Crippen LogP contribution in [-0.4, -0.2) is 22.9 Å². The molecule has 0 fully saturated rings. The first-order valence-electron chi connectivity index (χ1n) is 8.15. The number of nitrogens with one attached hydrogen (secondary N) is 2. The van der Waals surface area contributed by atoms with Crippen molar-refractivity contribution >= 4 is 6.09 Å². The topological polar surface area (TPSA) is 100 Å². The largest absolute Gasteiger partial charge is 0.444 e. The lowest BCUT2D eigenvalue weighted by atomic mass is 10.0. The zero-order valence-corrected chi connectivity index (χ0v) is 15.4. The third-order valence-corrected chi connectivity index (χ3v) is 3.41. The van der Waals surface area contributed by atoms with Crippen LogP contribution in [0.15, 0.2) is 10.6 Å². The molecular formula is C17H28N4O3. The average Bonchev–Trinajstić information content (AvgIpc) is 2.90. The Hall–Kier alpha value is -2.07. The van der Waals surface area contributed by atoms with Gasteiger partial charge in [0.1, 0.15) is 11.3 Å². The molecule has 7 heteroatoms. The highest BCUT2D eigenvalue weighted by Gasteiger charge is 2.29. The molecule has 1 heterocycles. The van der Waals surface area contributed by atoms with E-state index in [1.807, 2.05) is 41.5 Å². The van der Waals surface area contributed by atoms with Crippen LogP contribution >= 0.6 is 0 Å². The van der Waals surface area contributed by atoms with Crippen LogP contribution in [-0.2, 0) is 16.8 Å². The number of amides is 1. The Morgan fingerprint density at radius 2 is 2.08 bits per heavy atom. The number of nitrogens with zero attached hydrogens (tertiary/aromatic N) is 2. The molecule has 1 aromatic rings. The lowest BCUT2D eigenvalue weighted by Gasteiger charge is -2.26. The average molecular weight is 336 g/mol. The van der Waals surface area contributed by atoms with Crippen molar-refractivity contribution < 1.29 is 14.1 Å². The summed E-state index contributed by atoms with van der Waals surface area (Å²) in [6, 6.07) is 4.07. The van der Waals surface area contributed by atoms with Crippen LogP contribution in [0, 0.1) is 11.3 Å². The van der Waals surface area contributed by atoms with Crippen molar-refractivity contribution in [3.8, 4) is 6.07 Å². The van der Waals surface area contributed by atoms with Crippen molar-refractivity contribution in [2.75, 3.05) is 0 Å². The molecule has 0 aromatic carbocycles. The van der Waals surface area contributed by atoms with Gasteiger partial charge in [-0.15, -0.1) is 0 Å². The minimum atomic E-state index is -0.721. The highest BCUT2D eigenvalue weighted by atomic mass is 16.6. The second kappa shape index (κ2) is 8.15. The van der Waals surface area contributed by atoms with E-state index in [9.17, 15) is 4.79 Å². The van der Waals surface area contributed by atoms with Crippen LogP contribution in [0.4, 0.5) is 4.79 Å². The first-order valence-corrected chi connectivity index (χ1v) is 8.15. The van der Waals surface area contributed by atoms with E-state index in [-0.39, 0.29) is 6.04 Å². The fourth-order valence-electron chi connectivity index (χ4n) is 2.03. The number of ether oxygens (including phenoxy) is 1. The van der Waals surface area contributed by atoms with Gasteiger partial charge in [0.05, 0.1) is 24.6 Å². The minimum Gasteiger partial charge on any atom is -0.444 e. The predicted octanol–water partition coefficient (Wildman–Crippen LogP) is 3.22. The second-order valence-electron chi connectivity index (χ2n) is 7.28. The van der Waals surface area contributed by atoms with Crippen LogP contribution in [0.2, 0.25) is 0 Å². The first kappa shape index (κ1) is 20.0. The molecule has 7 nitrogen and oxygen atoms in total. The van der Waals surface area contributed by atoms with Gasteiger partial charge in [0.25, 0.3) is 0 Å². The van der Waals surface area contributed by atoms with E-state index in [1.54, 1.807) is 6.07 Å². The molecule has 0 saturated heterocycles. The quantitative estimate of drug-likeness (QED) is 0.793. The van der Waals surface area contributed by atoms with E-state index >= 15 is 0 Å². The summed E-state index contributed by atoms with van der Waals surface area (Å²) in [4.78, 5) is 11.9. The number of aromatic nitrogens is 1. The summed E-state index contributed by atoms with van der Waals surface area (Å²) < 4.78 is 10.6. The van der Waals surface area contributed by atoms with E-state index < -0.39 is 17.2 Å². The van der Waals surface area contributed by atoms with Gasteiger partial charge in [0.2, 0.25) is 0 Å². The Kier molecular flexibility index (Phi) is 6.79. The van der Waals surface area contributed by atoms with Gasteiger partial charge in [-0.1, -0.05) is 12.1 Å². The zero-order chi connectivity index (χ0) is 18.4. The molecule has 0 spiro atoms. The third kappa shape index (κ3) is 6.59. The summed E-state index contributed by atoms with van der Waals surface area (Å²) in [6.45, 7) is 11.6. The molecule has 1 atom stereocenters. The number of hydrogen-bond donors (Lipinski definition) is 2. The smallest absolute Gasteiger partial charge is 0.408 e. The van der Waals surface area contributed by atoms with Crippen LogP contribution < -0.4 is 10.6 Å². The molecule has 24 heavy (non-hydrogen) atoms. The molecular weight excluding hydrogens is 308 g/mol. The van der Waals surface area contributed by atoms with Crippen LogP contribution in [0.5, 0.6) is 0 Å². The molecule has 1 aromatic heterocycles. The summed E-state index contributed by atoms with van der Waals surface area (Å²) in [7, 11) is 0. The molecule has 1 amide bonds. The number of nitriles is 1. The normalized spacial score (nSPS) is 13.2. The maximum Gasteiger partial charge on any atom is 0.408 e. The summed E-state index contributed by atoms with van der Waals surface area (Å²) in [5.74, 6) is 0.653. The van der Waals surface area contributed by atoms with Gasteiger partial charge >= 0.3 is 6.09 Å². The van der Waals surface area contributed by atoms with E-state index in [2.05, 4.69) is 21.9 Å². The summed E-state index contributed by atoms with van der Waals surface area (Å²) >= 11 is 0. The standard InChI is InChI=1S/C17H28N4O3/c1-7-12(8-9-18)19-11-13-10-14(21-24-13)17(5,6)20-15(22)23-16(2,3)4/h10,12,19H,7-8,11H2,1-6H3,(H,20,22). The Balaban J connectivity index is 2.66. The summed E-state index contributed by atoms with van der Waals surface area (Å²) in [5, 5.41) is 18.8. The van der Waals surface area contributed by atoms with Crippen molar-refractivity contribution in [3.63, 3.8) is 0 Å². The SMILES string of the molecule is CCC(CC#N)NCc1cc(C(C)(C)NC(=O)OC(C)(C)C)no1. The van der Waals surface area contributed by atoms with Gasteiger partial charge in [0.15, 0.2) is 5.76 Å². The van der Waals surface area contributed by atoms with E-state index in [0.29, 0.717) is 24.4 Å². The van der Waals surface area contributed by atoms with Crippen LogP contribution in [0.1, 0.15) is 65.8 Å². The molecule has 2 N–H and O–H groups in total. The molecule has 0 bridgehead atoms. The molecule has 0 aliphatic rings. The Morgan fingerprint density at radius 1 is 1.42 bits per heavy atom. The molecule has 0 radical (unpaired) electrons. The van der Waals surface area contributed by atoms with Crippen molar-refractivity contribution in [3.05, 3.63) is 17.5 Å². The van der Waals surface area contributed by atoms with Gasteiger partial charge in [-0.3, -0.25) is 0 Å². The molecule has 0 saturated carbocycles. The highest BCUT2D eigenvalue weighted by Crippen LogP contribution is 2.21. The maximum atomic E-state index is 11.9. The lowest BCUT2D eigenvalue weighted by Crippen LogP contribution is -2.44. The number of carbonyl (C=O) groups excluding carboxylic acids is 1. The Labute approximate surface area is 143 Å². The van der Waals surface area contributed by atoms with E-state index in [0.717, 1.165) is 6.42 Å². The fraction of sp³-hybridized carbons (Fsp3) is 0.706. The lowest BCUT2D eigenvalue weighted by molar-refractivity contribution is 0.0467. The van der Waals surface area contributed by atoms with Gasteiger partial charge in [0, 0.05) is 12.1 Å². The van der Waals surface area contributed by atoms with Crippen molar-refractivity contribution in [1.29, 1.82) is 5.26 Å². The van der Waals surface area contributed by atoms with Gasteiger partial charge in [-0.25, -0.2) is 4.79 Å². The van der Waals surface area contributed by atoms with Gasteiger partial charge in [-0.05, 0) is 41.0 Å². The highest BCUT2D eigenvalue weighted by molar-refractivity contribution is 5.68. The minimum absolute atomic E-state index is 0.122. The van der Waals surface area contributed by atoms with Gasteiger partial charge < -0.3 is 19.9 Å². The van der Waals surface area contributed by atoms with Crippen molar-refractivity contribution in [1.82, 2.24) is 15.8 Å². The third-order valence-electron chi connectivity index (χ3n) is 3.41. The predicted molar refractivity (Wildman–Crippen MR) is 90.0 cm³/mol. The maximum absolute atomic E-state index is 11.9. The van der Waals surface area contributed by atoms with E-state index in [1.165, 1.54) is 0 Å². The molecule has 0 aliphatic carbocycles. The monoisotopic (exact) mass is 336 g/mol. The fourth-order valence-corrected chi connectivity index (χ4v) is 2.03. The van der Waals surface area contributed by atoms with Crippen molar-refractivity contribution in [2.24, 2.45) is 0 Å². The molecule has 0 aliphatic heterocycles. The number of carbonyl (C=O) groups is 1. The molecule has 134 valence electrons. The van der Waals surface area contributed by atoms with Crippen LogP contribution in [0.3, 0.4) is 0 Å². The summed E-state index contributed by atoms with van der Waals surface area (Å²) in [6.07, 6.45) is 0.805. The number of alkyl carbamates (subject to hydrolysis) is 1. The molecule has 1 unspecified atom stereocenters. The second-order valence-corrected chi connectivity index (χ2v) is 7.28. The van der Waals surface area contributed by atoms with E-state index in [4.69, 9.17) is 14.5 Å². The Bertz CT molecular complexity index is 581.